The molecule has 0 saturated carbocycles. The molecule has 0 spiro atoms. The summed E-state index contributed by atoms with van der Waals surface area (Å²) >= 11 is 0. The fourth-order valence-corrected chi connectivity index (χ4v) is 3.30. The van der Waals surface area contributed by atoms with Crippen LogP contribution in [-0.4, -0.2) is 41.6 Å². The van der Waals surface area contributed by atoms with Gasteiger partial charge in [0.05, 0.1) is 5.56 Å². The molecule has 1 aromatic rings. The van der Waals surface area contributed by atoms with E-state index >= 15 is 0 Å². The van der Waals surface area contributed by atoms with Crippen molar-refractivity contribution < 1.29 is 13.2 Å². The summed E-state index contributed by atoms with van der Waals surface area (Å²) in [5.74, 6) is 0.752. The SMILES string of the molecule is CC(C)N1CCN2c3ncc(C(F)(F)F)cc3CC[C@@H]2C1. The highest BCUT2D eigenvalue weighted by Gasteiger charge is 2.36. The molecule has 0 N–H and O–H groups in total. The van der Waals surface area contributed by atoms with Gasteiger partial charge in [0.25, 0.3) is 0 Å². The van der Waals surface area contributed by atoms with E-state index in [2.05, 4.69) is 28.6 Å². The molecule has 0 aromatic carbocycles. The van der Waals surface area contributed by atoms with Crippen molar-refractivity contribution in [2.24, 2.45) is 0 Å². The van der Waals surface area contributed by atoms with Crippen molar-refractivity contribution in [1.29, 1.82) is 0 Å². The molecule has 116 valence electrons. The minimum atomic E-state index is -4.31. The van der Waals surface area contributed by atoms with Gasteiger partial charge in [-0.1, -0.05) is 0 Å². The average molecular weight is 299 g/mol. The van der Waals surface area contributed by atoms with Gasteiger partial charge in [-0.2, -0.15) is 13.2 Å². The number of fused-ring (bicyclic) bond motifs is 3. The van der Waals surface area contributed by atoms with E-state index in [1.54, 1.807) is 0 Å². The van der Waals surface area contributed by atoms with Crippen LogP contribution in [0.2, 0.25) is 0 Å². The highest BCUT2D eigenvalue weighted by atomic mass is 19.4. The molecule has 21 heavy (non-hydrogen) atoms. The first-order chi connectivity index (χ1) is 9.86. The van der Waals surface area contributed by atoms with Gasteiger partial charge in [-0.25, -0.2) is 4.98 Å². The Kier molecular flexibility index (Phi) is 3.59. The molecule has 1 aromatic heterocycles. The fraction of sp³-hybridized carbons (Fsp3) is 0.667. The zero-order valence-electron chi connectivity index (χ0n) is 12.3. The van der Waals surface area contributed by atoms with E-state index in [1.165, 1.54) is 6.07 Å². The van der Waals surface area contributed by atoms with Gasteiger partial charge in [0, 0.05) is 37.9 Å². The van der Waals surface area contributed by atoms with Crippen LogP contribution in [0.4, 0.5) is 19.0 Å². The highest BCUT2D eigenvalue weighted by Crippen LogP contribution is 2.36. The van der Waals surface area contributed by atoms with Crippen molar-refractivity contribution in [1.82, 2.24) is 9.88 Å². The number of halogens is 3. The lowest BCUT2D eigenvalue weighted by Gasteiger charge is -2.46. The predicted octanol–water partition coefficient (Wildman–Crippen LogP) is 2.95. The molecule has 2 aliphatic rings. The quantitative estimate of drug-likeness (QED) is 0.795. The summed E-state index contributed by atoms with van der Waals surface area (Å²) < 4.78 is 38.3. The second-order valence-electron chi connectivity index (χ2n) is 6.18. The Balaban J connectivity index is 1.85. The molecule has 3 heterocycles. The first kappa shape index (κ1) is 14.6. The number of aryl methyl sites for hydroxylation is 1. The van der Waals surface area contributed by atoms with Crippen LogP contribution in [0, 0.1) is 0 Å². The van der Waals surface area contributed by atoms with E-state index in [0.717, 1.165) is 43.6 Å². The van der Waals surface area contributed by atoms with E-state index in [9.17, 15) is 13.2 Å². The largest absolute Gasteiger partial charge is 0.417 e. The maximum Gasteiger partial charge on any atom is 0.417 e. The van der Waals surface area contributed by atoms with Gasteiger partial charge in [-0.15, -0.1) is 0 Å². The summed E-state index contributed by atoms with van der Waals surface area (Å²) in [5.41, 5.74) is 0.0968. The summed E-state index contributed by atoms with van der Waals surface area (Å²) in [4.78, 5) is 8.75. The van der Waals surface area contributed by atoms with Crippen LogP contribution in [0.5, 0.6) is 0 Å². The Morgan fingerprint density at radius 2 is 2.05 bits per heavy atom. The zero-order chi connectivity index (χ0) is 15.2. The summed E-state index contributed by atoms with van der Waals surface area (Å²) in [7, 11) is 0. The van der Waals surface area contributed by atoms with Crippen LogP contribution in [0.3, 0.4) is 0 Å². The number of hydrogen-bond donors (Lipinski definition) is 0. The molecule has 3 rings (SSSR count). The van der Waals surface area contributed by atoms with Gasteiger partial charge >= 0.3 is 6.18 Å². The molecule has 0 amide bonds. The maximum atomic E-state index is 12.8. The summed E-state index contributed by atoms with van der Waals surface area (Å²) in [6.07, 6.45) is -1.76. The van der Waals surface area contributed by atoms with Crippen molar-refractivity contribution in [2.75, 3.05) is 24.5 Å². The van der Waals surface area contributed by atoms with Crippen molar-refractivity contribution in [3.63, 3.8) is 0 Å². The van der Waals surface area contributed by atoms with Gasteiger partial charge in [0.15, 0.2) is 0 Å². The topological polar surface area (TPSA) is 19.4 Å². The van der Waals surface area contributed by atoms with Crippen LogP contribution >= 0.6 is 0 Å². The fourth-order valence-electron chi connectivity index (χ4n) is 3.30. The molecule has 1 saturated heterocycles. The first-order valence-corrected chi connectivity index (χ1v) is 7.43. The van der Waals surface area contributed by atoms with Gasteiger partial charge in [0.1, 0.15) is 5.82 Å². The monoisotopic (exact) mass is 299 g/mol. The molecule has 0 aliphatic carbocycles. The predicted molar refractivity (Wildman–Crippen MR) is 75.4 cm³/mol. The number of piperazine rings is 1. The molecular formula is C15H20F3N3. The molecule has 0 radical (unpaired) electrons. The number of anilines is 1. The summed E-state index contributed by atoms with van der Waals surface area (Å²) in [6.45, 7) is 7.12. The minimum absolute atomic E-state index is 0.373. The number of nitrogens with zero attached hydrogens (tertiary/aromatic N) is 3. The van der Waals surface area contributed by atoms with E-state index in [-0.39, 0.29) is 0 Å². The zero-order valence-corrected chi connectivity index (χ0v) is 12.3. The van der Waals surface area contributed by atoms with Crippen LogP contribution < -0.4 is 4.90 Å². The molecule has 0 bridgehead atoms. The van der Waals surface area contributed by atoms with Crippen LogP contribution in [0.25, 0.3) is 0 Å². The number of aromatic nitrogens is 1. The third kappa shape index (κ3) is 2.73. The number of hydrogen-bond acceptors (Lipinski definition) is 3. The molecule has 0 unspecified atom stereocenters. The standard InChI is InChI=1S/C15H20F3N3/c1-10(2)20-5-6-21-13(9-20)4-3-11-7-12(15(16,17)18)8-19-14(11)21/h7-8,10,13H,3-6,9H2,1-2H3/t13-/m1/s1. The van der Waals surface area contributed by atoms with E-state index in [0.29, 0.717) is 18.5 Å². The smallest absolute Gasteiger partial charge is 0.351 e. The second kappa shape index (κ2) is 5.16. The van der Waals surface area contributed by atoms with E-state index in [4.69, 9.17) is 0 Å². The minimum Gasteiger partial charge on any atom is -0.351 e. The van der Waals surface area contributed by atoms with Gasteiger partial charge < -0.3 is 4.90 Å². The molecule has 3 nitrogen and oxygen atoms in total. The number of pyridine rings is 1. The Bertz CT molecular complexity index is 527. The normalized spacial score (nSPS) is 23.1. The van der Waals surface area contributed by atoms with E-state index < -0.39 is 11.7 Å². The number of alkyl halides is 3. The van der Waals surface area contributed by atoms with Crippen molar-refractivity contribution in [3.05, 3.63) is 23.4 Å². The second-order valence-corrected chi connectivity index (χ2v) is 6.18. The third-order valence-corrected chi connectivity index (χ3v) is 4.53. The lowest BCUT2D eigenvalue weighted by Crippen LogP contribution is -2.56. The third-order valence-electron chi connectivity index (χ3n) is 4.53. The molecule has 1 fully saturated rings. The Morgan fingerprint density at radius 1 is 1.29 bits per heavy atom. The Labute approximate surface area is 122 Å². The van der Waals surface area contributed by atoms with E-state index in [1.807, 2.05) is 0 Å². The van der Waals surface area contributed by atoms with Crippen molar-refractivity contribution in [2.45, 2.75) is 44.9 Å². The maximum absolute atomic E-state index is 12.8. The molecule has 6 heteroatoms. The average Bonchev–Trinajstić information content (AvgIpc) is 2.44. The first-order valence-electron chi connectivity index (χ1n) is 7.43. The Morgan fingerprint density at radius 3 is 2.71 bits per heavy atom. The lowest BCUT2D eigenvalue weighted by atomic mass is 9.95. The summed E-state index contributed by atoms with van der Waals surface area (Å²) in [6, 6.07) is 2.15. The molecule has 1 atom stereocenters. The van der Waals surface area contributed by atoms with Crippen LogP contribution in [0.1, 0.15) is 31.4 Å². The highest BCUT2D eigenvalue weighted by molar-refractivity contribution is 5.52. The van der Waals surface area contributed by atoms with Crippen LogP contribution in [-0.2, 0) is 12.6 Å². The Hall–Kier alpha value is -1.30. The van der Waals surface area contributed by atoms with Gasteiger partial charge in [-0.05, 0) is 38.3 Å². The van der Waals surface area contributed by atoms with Crippen LogP contribution in [0.15, 0.2) is 12.3 Å². The van der Waals surface area contributed by atoms with Gasteiger partial charge in [0.2, 0.25) is 0 Å². The lowest BCUT2D eigenvalue weighted by molar-refractivity contribution is -0.137. The van der Waals surface area contributed by atoms with Crippen molar-refractivity contribution in [3.8, 4) is 0 Å². The molecular weight excluding hydrogens is 279 g/mol. The number of rotatable bonds is 1. The molecule has 2 aliphatic heterocycles. The summed E-state index contributed by atoms with van der Waals surface area (Å²) in [5, 5.41) is 0. The van der Waals surface area contributed by atoms with Gasteiger partial charge in [-0.3, -0.25) is 4.90 Å². The van der Waals surface area contributed by atoms with Crippen molar-refractivity contribution >= 4 is 5.82 Å².